The summed E-state index contributed by atoms with van der Waals surface area (Å²) in [5.41, 5.74) is -1.10. The van der Waals surface area contributed by atoms with Crippen molar-refractivity contribution in [3.05, 3.63) is 28.8 Å². The molecule has 0 amide bonds. The van der Waals surface area contributed by atoms with E-state index in [9.17, 15) is 17.2 Å². The average molecular weight is 300 g/mol. The van der Waals surface area contributed by atoms with Gasteiger partial charge in [0, 0.05) is 22.1 Å². The number of halogens is 4. The van der Waals surface area contributed by atoms with E-state index in [1.165, 1.54) is 12.1 Å². The SMILES string of the molecule is N#Cc1c(CCl)ccc(C(F)F)c1S(=O)(=O)Cl. The van der Waals surface area contributed by atoms with Crippen molar-refractivity contribution in [1.29, 1.82) is 5.26 Å². The van der Waals surface area contributed by atoms with Crippen molar-refractivity contribution >= 4 is 31.3 Å². The van der Waals surface area contributed by atoms with Gasteiger partial charge >= 0.3 is 0 Å². The molecule has 0 radical (unpaired) electrons. The second-order valence-electron chi connectivity index (χ2n) is 3.00. The minimum absolute atomic E-state index is 0.137. The molecule has 0 fully saturated rings. The van der Waals surface area contributed by atoms with E-state index in [1.807, 2.05) is 0 Å². The molecule has 92 valence electrons. The second kappa shape index (κ2) is 5.17. The first-order chi connectivity index (χ1) is 7.82. The smallest absolute Gasteiger partial charge is 0.207 e. The van der Waals surface area contributed by atoms with E-state index in [0.29, 0.717) is 0 Å². The molecule has 0 aliphatic rings. The maximum absolute atomic E-state index is 12.6. The van der Waals surface area contributed by atoms with Crippen LogP contribution in [0.3, 0.4) is 0 Å². The monoisotopic (exact) mass is 299 g/mol. The van der Waals surface area contributed by atoms with Gasteiger partial charge in [0.2, 0.25) is 0 Å². The van der Waals surface area contributed by atoms with E-state index in [-0.39, 0.29) is 11.4 Å². The number of nitriles is 1. The topological polar surface area (TPSA) is 57.9 Å². The van der Waals surface area contributed by atoms with Gasteiger partial charge in [-0.1, -0.05) is 12.1 Å². The highest BCUT2D eigenvalue weighted by molar-refractivity contribution is 8.13. The summed E-state index contributed by atoms with van der Waals surface area (Å²) in [5, 5.41) is 8.82. The van der Waals surface area contributed by atoms with Crippen LogP contribution in [0.5, 0.6) is 0 Å². The summed E-state index contributed by atoms with van der Waals surface area (Å²) in [6, 6.07) is 3.62. The fourth-order valence-corrected chi connectivity index (χ4v) is 2.89. The lowest BCUT2D eigenvalue weighted by atomic mass is 10.1. The molecular weight excluding hydrogens is 295 g/mol. The predicted molar refractivity (Wildman–Crippen MR) is 58.7 cm³/mol. The lowest BCUT2D eigenvalue weighted by Gasteiger charge is -2.10. The van der Waals surface area contributed by atoms with Gasteiger partial charge in [0.05, 0.1) is 5.56 Å². The largest absolute Gasteiger partial charge is 0.265 e. The number of rotatable bonds is 3. The van der Waals surface area contributed by atoms with Crippen molar-refractivity contribution in [3.8, 4) is 6.07 Å². The Morgan fingerprint density at radius 2 is 2.00 bits per heavy atom. The number of nitrogens with zero attached hydrogens (tertiary/aromatic N) is 1. The molecule has 1 aromatic rings. The van der Waals surface area contributed by atoms with E-state index in [2.05, 4.69) is 0 Å². The summed E-state index contributed by atoms with van der Waals surface area (Å²) >= 11 is 5.49. The maximum Gasteiger partial charge on any atom is 0.265 e. The molecular formula is C9H5Cl2F2NO2S. The van der Waals surface area contributed by atoms with Gasteiger partial charge in [-0.3, -0.25) is 0 Å². The molecule has 1 aromatic carbocycles. The Kier molecular flexibility index (Phi) is 4.31. The molecule has 0 N–H and O–H groups in total. The van der Waals surface area contributed by atoms with Crippen molar-refractivity contribution < 1.29 is 17.2 Å². The Morgan fingerprint density at radius 1 is 1.41 bits per heavy atom. The van der Waals surface area contributed by atoms with Crippen LogP contribution in [0.15, 0.2) is 17.0 Å². The van der Waals surface area contributed by atoms with Gasteiger partial charge in [-0.25, -0.2) is 17.2 Å². The lowest BCUT2D eigenvalue weighted by molar-refractivity contribution is 0.148. The Morgan fingerprint density at radius 3 is 2.35 bits per heavy atom. The zero-order chi connectivity index (χ0) is 13.2. The lowest BCUT2D eigenvalue weighted by Crippen LogP contribution is -2.05. The minimum atomic E-state index is -4.44. The summed E-state index contributed by atoms with van der Waals surface area (Å²) in [5.74, 6) is -0.175. The third kappa shape index (κ3) is 2.86. The molecule has 0 bridgehead atoms. The first kappa shape index (κ1) is 14.2. The fourth-order valence-electron chi connectivity index (χ4n) is 1.31. The van der Waals surface area contributed by atoms with E-state index in [0.717, 1.165) is 6.07 Å². The molecule has 17 heavy (non-hydrogen) atoms. The molecule has 3 nitrogen and oxygen atoms in total. The normalized spacial score (nSPS) is 11.5. The van der Waals surface area contributed by atoms with Gasteiger partial charge in [0.1, 0.15) is 11.0 Å². The molecule has 0 unspecified atom stereocenters. The van der Waals surface area contributed by atoms with Gasteiger partial charge in [-0.15, -0.1) is 11.6 Å². The average Bonchev–Trinajstić information content (AvgIpc) is 2.25. The summed E-state index contributed by atoms with van der Waals surface area (Å²) in [6.07, 6.45) is -3.05. The molecule has 0 saturated heterocycles. The zero-order valence-corrected chi connectivity index (χ0v) is 10.5. The van der Waals surface area contributed by atoms with Gasteiger partial charge in [0.25, 0.3) is 15.5 Å². The third-order valence-electron chi connectivity index (χ3n) is 2.01. The standard InChI is InChI=1S/C9H5Cl2F2NO2S/c10-3-5-1-2-6(9(12)13)8(7(5)4-14)17(11,15)16/h1-2,9H,3H2. The fraction of sp³-hybridized carbons (Fsp3) is 0.222. The Bertz CT molecular complexity index is 581. The van der Waals surface area contributed by atoms with Crippen molar-refractivity contribution in [2.24, 2.45) is 0 Å². The quantitative estimate of drug-likeness (QED) is 0.636. The van der Waals surface area contributed by atoms with Crippen LogP contribution in [-0.4, -0.2) is 8.42 Å². The van der Waals surface area contributed by atoms with Crippen LogP contribution in [0.1, 0.15) is 23.1 Å². The van der Waals surface area contributed by atoms with Crippen LogP contribution < -0.4 is 0 Å². The Balaban J connectivity index is 3.77. The highest BCUT2D eigenvalue weighted by Crippen LogP contribution is 2.33. The Labute approximate surface area is 106 Å². The molecule has 0 spiro atoms. The maximum atomic E-state index is 12.6. The molecule has 8 heteroatoms. The summed E-state index contributed by atoms with van der Waals surface area (Å²) < 4.78 is 47.8. The van der Waals surface area contributed by atoms with Gasteiger partial charge < -0.3 is 0 Å². The van der Waals surface area contributed by atoms with E-state index >= 15 is 0 Å². The minimum Gasteiger partial charge on any atom is -0.207 e. The van der Waals surface area contributed by atoms with Gasteiger partial charge in [0.15, 0.2) is 0 Å². The molecule has 0 saturated carbocycles. The number of hydrogen-bond acceptors (Lipinski definition) is 3. The highest BCUT2D eigenvalue weighted by atomic mass is 35.7. The van der Waals surface area contributed by atoms with Gasteiger partial charge in [-0.2, -0.15) is 5.26 Å². The van der Waals surface area contributed by atoms with E-state index in [4.69, 9.17) is 27.5 Å². The zero-order valence-electron chi connectivity index (χ0n) is 8.12. The third-order valence-corrected chi connectivity index (χ3v) is 3.69. The van der Waals surface area contributed by atoms with Crippen molar-refractivity contribution in [2.45, 2.75) is 17.2 Å². The molecule has 0 aliphatic carbocycles. The first-order valence-electron chi connectivity index (χ1n) is 4.17. The summed E-state index contributed by atoms with van der Waals surface area (Å²) in [6.45, 7) is 0. The van der Waals surface area contributed by atoms with Crippen molar-refractivity contribution in [2.75, 3.05) is 0 Å². The van der Waals surface area contributed by atoms with Crippen molar-refractivity contribution in [1.82, 2.24) is 0 Å². The molecule has 0 atom stereocenters. The number of alkyl halides is 3. The first-order valence-corrected chi connectivity index (χ1v) is 7.02. The highest BCUT2D eigenvalue weighted by Gasteiger charge is 2.27. The molecule has 1 rings (SSSR count). The Hall–Kier alpha value is -0.900. The van der Waals surface area contributed by atoms with E-state index in [1.54, 1.807) is 0 Å². The predicted octanol–water partition coefficient (Wildman–Crippen LogP) is 3.16. The van der Waals surface area contributed by atoms with Gasteiger partial charge in [-0.05, 0) is 5.56 Å². The van der Waals surface area contributed by atoms with Crippen LogP contribution in [0.4, 0.5) is 8.78 Å². The molecule has 0 aliphatic heterocycles. The van der Waals surface area contributed by atoms with Crippen LogP contribution in [-0.2, 0) is 14.9 Å². The van der Waals surface area contributed by atoms with E-state index < -0.39 is 31.5 Å². The number of hydrogen-bond donors (Lipinski definition) is 0. The van der Waals surface area contributed by atoms with Crippen LogP contribution in [0, 0.1) is 11.3 Å². The summed E-state index contributed by atoms with van der Waals surface area (Å²) in [7, 11) is 0.623. The van der Waals surface area contributed by atoms with Crippen molar-refractivity contribution in [3.63, 3.8) is 0 Å². The van der Waals surface area contributed by atoms with Crippen LogP contribution in [0.25, 0.3) is 0 Å². The van der Waals surface area contributed by atoms with Crippen LogP contribution >= 0.6 is 22.3 Å². The summed E-state index contributed by atoms with van der Waals surface area (Å²) in [4.78, 5) is -0.866. The molecule has 0 heterocycles. The molecule has 0 aromatic heterocycles. The van der Waals surface area contributed by atoms with Crippen LogP contribution in [0.2, 0.25) is 0 Å². The second-order valence-corrected chi connectivity index (χ2v) is 5.77. The number of benzene rings is 1.